The van der Waals surface area contributed by atoms with Gasteiger partial charge in [0.05, 0.1) is 6.54 Å². The quantitative estimate of drug-likeness (QED) is 0.915. The average Bonchev–Trinajstić information content (AvgIpc) is 2.91. The van der Waals surface area contributed by atoms with Crippen LogP contribution in [0.15, 0.2) is 34.4 Å². The Balaban J connectivity index is 2.07. The predicted octanol–water partition coefficient (Wildman–Crippen LogP) is 1.89. The van der Waals surface area contributed by atoms with Crippen molar-refractivity contribution in [1.29, 1.82) is 0 Å². The number of hydrogen-bond donors (Lipinski definition) is 1. The zero-order chi connectivity index (χ0) is 14.5. The van der Waals surface area contributed by atoms with Crippen molar-refractivity contribution < 1.29 is 4.79 Å². The number of carbonyl (C=O) groups excluding carboxylic acids is 1. The van der Waals surface area contributed by atoms with Gasteiger partial charge in [0.1, 0.15) is 5.69 Å². The van der Waals surface area contributed by atoms with E-state index in [0.29, 0.717) is 19.0 Å². The number of rotatable bonds is 5. The fourth-order valence-electron chi connectivity index (χ4n) is 1.72. The summed E-state index contributed by atoms with van der Waals surface area (Å²) >= 11 is 1.58. The summed E-state index contributed by atoms with van der Waals surface area (Å²) in [6.45, 7) is 4.97. The number of thiophene rings is 1. The summed E-state index contributed by atoms with van der Waals surface area (Å²) in [6.07, 6.45) is 0. The maximum atomic E-state index is 12.0. The Morgan fingerprint density at radius 3 is 2.85 bits per heavy atom. The summed E-state index contributed by atoms with van der Waals surface area (Å²) in [5.41, 5.74) is 0.0790. The van der Waals surface area contributed by atoms with E-state index < -0.39 is 0 Å². The van der Waals surface area contributed by atoms with Crippen LogP contribution in [0, 0.1) is 5.92 Å². The molecule has 6 heteroatoms. The van der Waals surface area contributed by atoms with Crippen LogP contribution in [0.1, 0.15) is 29.2 Å². The van der Waals surface area contributed by atoms with Crippen molar-refractivity contribution in [2.75, 3.05) is 0 Å². The minimum Gasteiger partial charge on any atom is -0.346 e. The Morgan fingerprint density at radius 1 is 1.40 bits per heavy atom. The average molecular weight is 291 g/mol. The van der Waals surface area contributed by atoms with Gasteiger partial charge in [-0.15, -0.1) is 11.3 Å². The van der Waals surface area contributed by atoms with Gasteiger partial charge in [-0.25, -0.2) is 4.68 Å². The lowest BCUT2D eigenvalue weighted by atomic mass is 10.2. The highest BCUT2D eigenvalue weighted by molar-refractivity contribution is 7.09. The number of amides is 1. The lowest BCUT2D eigenvalue weighted by Crippen LogP contribution is -2.30. The van der Waals surface area contributed by atoms with Crippen molar-refractivity contribution in [2.24, 2.45) is 5.92 Å². The first-order chi connectivity index (χ1) is 9.56. The highest BCUT2D eigenvalue weighted by atomic mass is 32.1. The van der Waals surface area contributed by atoms with Crippen molar-refractivity contribution in [3.63, 3.8) is 0 Å². The van der Waals surface area contributed by atoms with E-state index in [2.05, 4.69) is 10.4 Å². The van der Waals surface area contributed by atoms with E-state index in [0.717, 1.165) is 4.88 Å². The topological polar surface area (TPSA) is 64.0 Å². The zero-order valence-electron chi connectivity index (χ0n) is 11.5. The van der Waals surface area contributed by atoms with Gasteiger partial charge in [0.15, 0.2) is 0 Å². The fraction of sp³-hybridized carbons (Fsp3) is 0.357. The van der Waals surface area contributed by atoms with Crippen molar-refractivity contribution in [1.82, 2.24) is 15.1 Å². The van der Waals surface area contributed by atoms with Crippen LogP contribution in [0.5, 0.6) is 0 Å². The Bertz CT molecular complexity index is 632. The number of nitrogens with zero attached hydrogens (tertiary/aromatic N) is 2. The van der Waals surface area contributed by atoms with E-state index in [1.165, 1.54) is 16.8 Å². The molecular weight excluding hydrogens is 274 g/mol. The molecule has 0 atom stereocenters. The number of hydrogen-bond acceptors (Lipinski definition) is 4. The first-order valence-electron chi connectivity index (χ1n) is 6.45. The van der Waals surface area contributed by atoms with Gasteiger partial charge >= 0.3 is 0 Å². The molecule has 0 unspecified atom stereocenters. The first kappa shape index (κ1) is 14.5. The zero-order valence-corrected chi connectivity index (χ0v) is 12.3. The number of carbonyl (C=O) groups is 1. The molecule has 2 aromatic rings. The van der Waals surface area contributed by atoms with Gasteiger partial charge in [-0.2, -0.15) is 5.10 Å². The van der Waals surface area contributed by atoms with E-state index >= 15 is 0 Å². The first-order valence-corrected chi connectivity index (χ1v) is 7.33. The van der Waals surface area contributed by atoms with Gasteiger partial charge in [0, 0.05) is 17.5 Å². The molecule has 0 aliphatic carbocycles. The monoisotopic (exact) mass is 291 g/mol. The molecule has 0 saturated heterocycles. The molecular formula is C14H17N3O2S. The van der Waals surface area contributed by atoms with E-state index in [1.54, 1.807) is 11.3 Å². The molecule has 0 saturated carbocycles. The van der Waals surface area contributed by atoms with Crippen LogP contribution in [0.25, 0.3) is 0 Å². The van der Waals surface area contributed by atoms with Gasteiger partial charge in [-0.05, 0) is 23.4 Å². The lowest BCUT2D eigenvalue weighted by Gasteiger charge is -2.09. The van der Waals surface area contributed by atoms with Crippen molar-refractivity contribution >= 4 is 17.2 Å². The second-order valence-corrected chi connectivity index (χ2v) is 5.93. The summed E-state index contributed by atoms with van der Waals surface area (Å²) in [6, 6.07) is 6.74. The van der Waals surface area contributed by atoms with E-state index in [1.807, 2.05) is 31.4 Å². The third kappa shape index (κ3) is 3.77. The van der Waals surface area contributed by atoms with Crippen LogP contribution in [0.3, 0.4) is 0 Å². The molecule has 0 aromatic carbocycles. The molecule has 0 bridgehead atoms. The molecule has 1 N–H and O–H groups in total. The van der Waals surface area contributed by atoms with Crippen LogP contribution in [0.2, 0.25) is 0 Å². The molecule has 2 heterocycles. The predicted molar refractivity (Wildman–Crippen MR) is 78.8 cm³/mol. The second kappa shape index (κ2) is 6.47. The molecule has 5 nitrogen and oxygen atoms in total. The molecule has 0 aliphatic heterocycles. The molecule has 0 fully saturated rings. The van der Waals surface area contributed by atoms with Crippen molar-refractivity contribution in [3.05, 3.63) is 50.6 Å². The van der Waals surface area contributed by atoms with Gasteiger partial charge < -0.3 is 5.32 Å². The second-order valence-electron chi connectivity index (χ2n) is 4.89. The molecule has 0 spiro atoms. The fourth-order valence-corrected chi connectivity index (χ4v) is 2.36. The summed E-state index contributed by atoms with van der Waals surface area (Å²) in [4.78, 5) is 24.7. The van der Waals surface area contributed by atoms with Crippen LogP contribution in [-0.4, -0.2) is 15.7 Å². The molecule has 1 amide bonds. The van der Waals surface area contributed by atoms with Gasteiger partial charge in [-0.3, -0.25) is 9.59 Å². The molecule has 0 radical (unpaired) electrons. The summed E-state index contributed by atoms with van der Waals surface area (Å²) in [5.74, 6) is 0.0283. The van der Waals surface area contributed by atoms with Crippen LogP contribution in [-0.2, 0) is 13.1 Å². The minimum absolute atomic E-state index is 0.187. The van der Waals surface area contributed by atoms with Crippen LogP contribution >= 0.6 is 11.3 Å². The molecule has 20 heavy (non-hydrogen) atoms. The highest BCUT2D eigenvalue weighted by Crippen LogP contribution is 2.07. The Hall–Kier alpha value is -1.95. The largest absolute Gasteiger partial charge is 0.346 e. The normalized spacial score (nSPS) is 10.8. The molecule has 2 aromatic heterocycles. The van der Waals surface area contributed by atoms with E-state index in [9.17, 15) is 9.59 Å². The lowest BCUT2D eigenvalue weighted by molar-refractivity contribution is 0.0943. The summed E-state index contributed by atoms with van der Waals surface area (Å²) < 4.78 is 1.34. The Labute approximate surface area is 121 Å². The maximum Gasteiger partial charge on any atom is 0.272 e. The van der Waals surface area contributed by atoms with Crippen LogP contribution in [0.4, 0.5) is 0 Å². The van der Waals surface area contributed by atoms with Crippen molar-refractivity contribution in [3.8, 4) is 0 Å². The van der Waals surface area contributed by atoms with E-state index in [4.69, 9.17) is 0 Å². The van der Waals surface area contributed by atoms with Crippen LogP contribution < -0.4 is 10.9 Å². The maximum absolute atomic E-state index is 12.0. The third-order valence-electron chi connectivity index (χ3n) is 2.64. The van der Waals surface area contributed by atoms with E-state index in [-0.39, 0.29) is 17.2 Å². The summed E-state index contributed by atoms with van der Waals surface area (Å²) in [5, 5.41) is 8.86. The van der Waals surface area contributed by atoms with Crippen molar-refractivity contribution in [2.45, 2.75) is 26.9 Å². The SMILES string of the molecule is CC(C)Cn1nc(C(=O)NCc2cccs2)ccc1=O. The molecule has 0 aliphatic rings. The summed E-state index contributed by atoms with van der Waals surface area (Å²) in [7, 11) is 0. The molecule has 2 rings (SSSR count). The molecule has 106 valence electrons. The Morgan fingerprint density at radius 2 is 2.20 bits per heavy atom. The van der Waals surface area contributed by atoms with Gasteiger partial charge in [0.2, 0.25) is 0 Å². The highest BCUT2D eigenvalue weighted by Gasteiger charge is 2.10. The number of nitrogens with one attached hydrogen (secondary N) is 1. The van der Waals surface area contributed by atoms with Gasteiger partial charge in [-0.1, -0.05) is 19.9 Å². The minimum atomic E-state index is -0.268. The standard InChI is InChI=1S/C14H17N3O2S/c1-10(2)9-17-13(18)6-5-12(16-17)14(19)15-8-11-4-3-7-20-11/h3-7,10H,8-9H2,1-2H3,(H,15,19). The van der Waals surface area contributed by atoms with Gasteiger partial charge in [0.25, 0.3) is 11.5 Å². The number of aromatic nitrogens is 2. The third-order valence-corrected chi connectivity index (χ3v) is 3.52. The Kier molecular flexibility index (Phi) is 4.68. The smallest absolute Gasteiger partial charge is 0.272 e.